The van der Waals surface area contributed by atoms with Crippen LogP contribution in [0.2, 0.25) is 0 Å². The summed E-state index contributed by atoms with van der Waals surface area (Å²) in [5.41, 5.74) is 0. The van der Waals surface area contributed by atoms with E-state index < -0.39 is 32.7 Å². The topological polar surface area (TPSA) is 128 Å². The number of carbonyl (C=O) groups is 1. The van der Waals surface area contributed by atoms with Gasteiger partial charge in [0, 0.05) is 6.42 Å². The first kappa shape index (κ1) is 49.4. The molecule has 0 aromatic rings. The van der Waals surface area contributed by atoms with Gasteiger partial charge in [0.25, 0.3) is 7.82 Å². The lowest BCUT2D eigenvalue weighted by molar-refractivity contribution is -0.870. The van der Waals surface area contributed by atoms with E-state index in [0.717, 1.165) is 64.2 Å². The lowest BCUT2D eigenvalue weighted by atomic mass is 10.0. The first-order chi connectivity index (χ1) is 24.4. The molecule has 51 heavy (non-hydrogen) atoms. The number of amides is 1. The number of aliphatic hydroxyl groups is 2. The molecule has 0 spiro atoms. The molecular weight excluding hydrogens is 663 g/mol. The van der Waals surface area contributed by atoms with Crippen LogP contribution in [0.5, 0.6) is 0 Å². The Bertz CT molecular complexity index is 993. The van der Waals surface area contributed by atoms with Crippen molar-refractivity contribution in [3.63, 3.8) is 0 Å². The van der Waals surface area contributed by atoms with Gasteiger partial charge in [-0.15, -0.1) is 0 Å². The molecule has 0 aliphatic carbocycles. The number of unbranched alkanes of at least 4 members (excludes halogenated alkanes) is 13. The van der Waals surface area contributed by atoms with Crippen LogP contribution in [0.1, 0.15) is 149 Å². The summed E-state index contributed by atoms with van der Waals surface area (Å²) in [6.45, 7) is 4.25. The summed E-state index contributed by atoms with van der Waals surface area (Å²) in [6.07, 6.45) is 35.8. The number of aliphatic hydroxyl groups excluding tert-OH is 2. The van der Waals surface area contributed by atoms with Gasteiger partial charge < -0.3 is 34.0 Å². The van der Waals surface area contributed by atoms with Crippen LogP contribution in [0.25, 0.3) is 0 Å². The zero-order valence-electron chi connectivity index (χ0n) is 33.2. The molecule has 3 N–H and O–H groups in total. The van der Waals surface area contributed by atoms with Gasteiger partial charge in [0.15, 0.2) is 0 Å². The quantitative estimate of drug-likeness (QED) is 0.0256. The Morgan fingerprint density at radius 3 is 1.82 bits per heavy atom. The highest BCUT2D eigenvalue weighted by Gasteiger charge is 2.29. The number of hydrogen-bond acceptors (Lipinski definition) is 7. The van der Waals surface area contributed by atoms with Gasteiger partial charge in [-0.3, -0.25) is 9.36 Å². The van der Waals surface area contributed by atoms with E-state index in [2.05, 4.69) is 67.8 Å². The Kier molecular flexibility index (Phi) is 32.0. The predicted molar refractivity (Wildman–Crippen MR) is 211 cm³/mol. The standard InChI is InChI=1S/C41H77N2O7P/c1-6-8-10-12-14-16-18-20-21-22-24-26-28-30-32-34-40(45)42-38(37-50-51(47,48)49-36-35-43(3,4)5)41(46)39(44)33-31-29-27-25-23-19-17-15-13-11-9-7-2/h8,10,14,16,20-21,25,27,38-39,41,44,46H,6-7,9,11-13,15,17-19,22-24,26,28-37H2,1-5H3,(H-,42,45,47,48)/b10-8-,16-14-,21-20-,27-25+. The minimum absolute atomic E-state index is 0.0518. The van der Waals surface area contributed by atoms with Crippen molar-refractivity contribution in [3.05, 3.63) is 48.6 Å². The van der Waals surface area contributed by atoms with Crippen molar-refractivity contribution in [3.8, 4) is 0 Å². The highest BCUT2D eigenvalue weighted by molar-refractivity contribution is 7.45. The molecule has 298 valence electrons. The van der Waals surface area contributed by atoms with Crippen molar-refractivity contribution in [1.29, 1.82) is 0 Å². The Hall–Kier alpha value is -1.58. The normalized spacial score (nSPS) is 15.7. The molecule has 0 aromatic carbocycles. The van der Waals surface area contributed by atoms with Gasteiger partial charge in [-0.05, 0) is 70.6 Å². The highest BCUT2D eigenvalue weighted by atomic mass is 31.2. The number of phosphoric acid groups is 1. The number of nitrogens with one attached hydrogen (secondary N) is 1. The summed E-state index contributed by atoms with van der Waals surface area (Å²) >= 11 is 0. The van der Waals surface area contributed by atoms with Crippen molar-refractivity contribution < 1.29 is 38.0 Å². The van der Waals surface area contributed by atoms with Crippen LogP contribution in [-0.2, 0) is 18.4 Å². The molecule has 0 aromatic heterocycles. The number of rotatable bonds is 35. The van der Waals surface area contributed by atoms with Crippen LogP contribution in [0, 0.1) is 0 Å². The summed E-state index contributed by atoms with van der Waals surface area (Å²) < 4.78 is 23.0. The van der Waals surface area contributed by atoms with E-state index in [4.69, 9.17) is 9.05 Å². The molecule has 9 nitrogen and oxygen atoms in total. The van der Waals surface area contributed by atoms with E-state index in [1.807, 2.05) is 21.1 Å². The zero-order chi connectivity index (χ0) is 38.1. The van der Waals surface area contributed by atoms with Crippen LogP contribution in [-0.4, -0.2) is 79.8 Å². The van der Waals surface area contributed by atoms with Crippen LogP contribution in [0.4, 0.5) is 0 Å². The average molecular weight is 741 g/mol. The van der Waals surface area contributed by atoms with Gasteiger partial charge in [-0.1, -0.05) is 120 Å². The number of allylic oxidation sites excluding steroid dienone is 8. The van der Waals surface area contributed by atoms with Gasteiger partial charge >= 0.3 is 0 Å². The van der Waals surface area contributed by atoms with Crippen molar-refractivity contribution in [2.24, 2.45) is 0 Å². The molecule has 0 aliphatic rings. The fourth-order valence-electron chi connectivity index (χ4n) is 5.38. The van der Waals surface area contributed by atoms with Crippen molar-refractivity contribution in [2.45, 2.75) is 167 Å². The van der Waals surface area contributed by atoms with Gasteiger partial charge in [0.2, 0.25) is 5.91 Å². The maximum absolute atomic E-state index is 12.8. The second kappa shape index (κ2) is 33.0. The monoisotopic (exact) mass is 741 g/mol. The van der Waals surface area contributed by atoms with Gasteiger partial charge in [-0.25, -0.2) is 0 Å². The van der Waals surface area contributed by atoms with Crippen LogP contribution >= 0.6 is 7.82 Å². The number of likely N-dealkylation sites (N-methyl/N-ethyl adjacent to an activating group) is 1. The summed E-state index contributed by atoms with van der Waals surface area (Å²) in [5.74, 6) is -0.309. The predicted octanol–water partition coefficient (Wildman–Crippen LogP) is 8.86. The SMILES string of the molecule is CC/C=C\C/C=C\C/C=C\CCCCCCCC(=O)NC(COP(=O)([O-])OCC[N+](C)(C)C)C(O)C(O)CCC/C=C/CCCCCCCCC. The van der Waals surface area contributed by atoms with Gasteiger partial charge in [0.1, 0.15) is 19.3 Å². The molecule has 0 heterocycles. The lowest BCUT2D eigenvalue weighted by Crippen LogP contribution is -2.51. The van der Waals surface area contributed by atoms with E-state index in [1.54, 1.807) is 0 Å². The molecule has 0 saturated heterocycles. The second-order valence-corrected chi connectivity index (χ2v) is 16.1. The number of quaternary nitrogens is 1. The average Bonchev–Trinajstić information content (AvgIpc) is 3.07. The summed E-state index contributed by atoms with van der Waals surface area (Å²) in [7, 11) is 1.08. The summed E-state index contributed by atoms with van der Waals surface area (Å²) in [5, 5.41) is 24.5. The summed E-state index contributed by atoms with van der Waals surface area (Å²) in [4.78, 5) is 25.3. The Balaban J connectivity index is 4.67. The molecule has 0 bridgehead atoms. The van der Waals surface area contributed by atoms with E-state index >= 15 is 0 Å². The number of nitrogens with zero attached hydrogens (tertiary/aromatic N) is 1. The summed E-state index contributed by atoms with van der Waals surface area (Å²) in [6, 6.07) is -1.10. The Morgan fingerprint density at radius 1 is 0.725 bits per heavy atom. The Morgan fingerprint density at radius 2 is 1.24 bits per heavy atom. The van der Waals surface area contributed by atoms with Gasteiger partial charge in [0.05, 0.1) is 39.9 Å². The minimum atomic E-state index is -4.67. The molecule has 0 aliphatic heterocycles. The van der Waals surface area contributed by atoms with E-state index in [9.17, 15) is 24.5 Å². The third kappa shape index (κ3) is 34.0. The van der Waals surface area contributed by atoms with Crippen molar-refractivity contribution in [2.75, 3.05) is 40.9 Å². The largest absolute Gasteiger partial charge is 0.756 e. The van der Waals surface area contributed by atoms with E-state index in [-0.39, 0.29) is 18.9 Å². The lowest BCUT2D eigenvalue weighted by Gasteiger charge is -2.31. The number of phosphoric ester groups is 1. The van der Waals surface area contributed by atoms with Crippen molar-refractivity contribution in [1.82, 2.24) is 5.32 Å². The molecular formula is C41H77N2O7P. The molecule has 10 heteroatoms. The number of hydrogen-bond donors (Lipinski definition) is 3. The number of carbonyl (C=O) groups excluding carboxylic acids is 1. The third-order valence-electron chi connectivity index (χ3n) is 8.64. The fraction of sp³-hybridized carbons (Fsp3) is 0.780. The maximum atomic E-state index is 12.8. The third-order valence-corrected chi connectivity index (χ3v) is 9.61. The van der Waals surface area contributed by atoms with Crippen molar-refractivity contribution >= 4 is 13.7 Å². The first-order valence-corrected chi connectivity index (χ1v) is 21.5. The van der Waals surface area contributed by atoms with Crippen LogP contribution < -0.4 is 10.2 Å². The smallest absolute Gasteiger partial charge is 0.268 e. The molecule has 0 fully saturated rings. The Labute approximate surface area is 312 Å². The first-order valence-electron chi connectivity index (χ1n) is 20.1. The van der Waals surface area contributed by atoms with E-state index in [1.165, 1.54) is 44.9 Å². The fourth-order valence-corrected chi connectivity index (χ4v) is 6.11. The molecule has 4 atom stereocenters. The van der Waals surface area contributed by atoms with Gasteiger partial charge in [-0.2, -0.15) is 0 Å². The van der Waals surface area contributed by atoms with E-state index in [0.29, 0.717) is 30.3 Å². The highest BCUT2D eigenvalue weighted by Crippen LogP contribution is 2.38. The zero-order valence-corrected chi connectivity index (χ0v) is 34.0. The van der Waals surface area contributed by atoms with Crippen LogP contribution in [0.15, 0.2) is 48.6 Å². The molecule has 0 radical (unpaired) electrons. The van der Waals surface area contributed by atoms with Crippen LogP contribution in [0.3, 0.4) is 0 Å². The molecule has 4 unspecified atom stereocenters. The molecule has 1 amide bonds. The minimum Gasteiger partial charge on any atom is -0.756 e. The molecule has 0 rings (SSSR count). The molecule has 0 saturated carbocycles. The second-order valence-electron chi connectivity index (χ2n) is 14.7. The maximum Gasteiger partial charge on any atom is 0.268 e.